The van der Waals surface area contributed by atoms with Crippen molar-refractivity contribution in [2.24, 2.45) is 5.92 Å². The zero-order valence-electron chi connectivity index (χ0n) is 15.4. The monoisotopic (exact) mass is 374 g/mol. The molecule has 1 aromatic carbocycles. The lowest BCUT2D eigenvalue weighted by atomic mass is 10.0. The van der Waals surface area contributed by atoms with Gasteiger partial charge in [-0.3, -0.25) is 29.3 Å². The summed E-state index contributed by atoms with van der Waals surface area (Å²) < 4.78 is 0. The van der Waals surface area contributed by atoms with Gasteiger partial charge in [0.05, 0.1) is 22.3 Å². The summed E-state index contributed by atoms with van der Waals surface area (Å²) in [4.78, 5) is 48.2. The first-order valence-electron chi connectivity index (χ1n) is 8.95. The van der Waals surface area contributed by atoms with Crippen molar-refractivity contribution in [1.29, 1.82) is 0 Å². The molecule has 3 aromatic rings. The SMILES string of the molecule is CC(C)C(C(=O)Nc1ccnc2ccncc12)N1C(=O)c2ccccc2C1=O. The van der Waals surface area contributed by atoms with Gasteiger partial charge < -0.3 is 5.32 Å². The first-order valence-corrected chi connectivity index (χ1v) is 8.95. The molecule has 0 saturated carbocycles. The van der Waals surface area contributed by atoms with Gasteiger partial charge in [0.2, 0.25) is 5.91 Å². The van der Waals surface area contributed by atoms with Crippen LogP contribution in [0.2, 0.25) is 0 Å². The van der Waals surface area contributed by atoms with Crippen LogP contribution < -0.4 is 5.32 Å². The smallest absolute Gasteiger partial charge is 0.262 e. The van der Waals surface area contributed by atoms with E-state index in [9.17, 15) is 14.4 Å². The number of hydrogen-bond acceptors (Lipinski definition) is 5. The van der Waals surface area contributed by atoms with Crippen molar-refractivity contribution in [2.45, 2.75) is 19.9 Å². The van der Waals surface area contributed by atoms with Crippen molar-refractivity contribution in [3.05, 3.63) is 66.1 Å². The third-order valence-corrected chi connectivity index (χ3v) is 4.80. The summed E-state index contributed by atoms with van der Waals surface area (Å²) in [5.74, 6) is -1.60. The second kappa shape index (κ2) is 6.84. The molecule has 7 heteroatoms. The largest absolute Gasteiger partial charge is 0.324 e. The van der Waals surface area contributed by atoms with Gasteiger partial charge in [-0.15, -0.1) is 0 Å². The van der Waals surface area contributed by atoms with Gasteiger partial charge in [-0.25, -0.2) is 0 Å². The Hall–Kier alpha value is -3.61. The zero-order chi connectivity index (χ0) is 19.8. The van der Waals surface area contributed by atoms with Gasteiger partial charge >= 0.3 is 0 Å². The van der Waals surface area contributed by atoms with Gasteiger partial charge in [0.25, 0.3) is 11.8 Å². The van der Waals surface area contributed by atoms with Crippen LogP contribution in [-0.4, -0.2) is 38.6 Å². The molecule has 7 nitrogen and oxygen atoms in total. The normalized spacial score (nSPS) is 14.5. The molecule has 2 aromatic heterocycles. The Morgan fingerprint density at radius 1 is 1.00 bits per heavy atom. The molecule has 0 fully saturated rings. The summed E-state index contributed by atoms with van der Waals surface area (Å²) in [5.41, 5.74) is 1.87. The van der Waals surface area contributed by atoms with E-state index in [2.05, 4.69) is 15.3 Å². The van der Waals surface area contributed by atoms with Crippen molar-refractivity contribution in [2.75, 3.05) is 5.32 Å². The highest BCUT2D eigenvalue weighted by Crippen LogP contribution is 2.28. The molecular weight excluding hydrogens is 356 g/mol. The van der Waals surface area contributed by atoms with E-state index in [1.165, 1.54) is 0 Å². The number of carbonyl (C=O) groups excluding carboxylic acids is 3. The molecule has 1 N–H and O–H groups in total. The summed E-state index contributed by atoms with van der Waals surface area (Å²) in [6.07, 6.45) is 4.82. The van der Waals surface area contributed by atoms with E-state index >= 15 is 0 Å². The number of anilines is 1. The van der Waals surface area contributed by atoms with E-state index in [4.69, 9.17) is 0 Å². The fourth-order valence-electron chi connectivity index (χ4n) is 3.48. The highest BCUT2D eigenvalue weighted by molar-refractivity contribution is 6.23. The Morgan fingerprint density at radius 3 is 2.32 bits per heavy atom. The molecule has 0 aliphatic carbocycles. The standard InChI is InChI=1S/C21H18N4O3/c1-12(2)18(25-20(27)13-5-3-4-6-14(13)21(25)28)19(26)24-17-8-10-23-16-7-9-22-11-15(16)17/h3-12,18H,1-2H3,(H,23,24,26). The number of nitrogens with one attached hydrogen (secondary N) is 1. The van der Waals surface area contributed by atoms with Crippen molar-refractivity contribution in [1.82, 2.24) is 14.9 Å². The van der Waals surface area contributed by atoms with Gasteiger partial charge in [-0.05, 0) is 30.2 Å². The minimum atomic E-state index is -0.938. The fraction of sp³-hybridized carbons (Fsp3) is 0.190. The quantitative estimate of drug-likeness (QED) is 0.709. The molecule has 0 saturated heterocycles. The van der Waals surface area contributed by atoms with E-state index in [1.807, 2.05) is 0 Å². The second-order valence-electron chi connectivity index (χ2n) is 6.96. The van der Waals surface area contributed by atoms with Crippen LogP contribution in [0, 0.1) is 5.92 Å². The minimum absolute atomic E-state index is 0.270. The molecule has 1 unspecified atom stereocenters. The van der Waals surface area contributed by atoms with E-state index in [0.29, 0.717) is 27.7 Å². The Balaban J connectivity index is 1.68. The zero-order valence-corrected chi connectivity index (χ0v) is 15.4. The molecule has 0 radical (unpaired) electrons. The Kier molecular flexibility index (Phi) is 4.35. The topological polar surface area (TPSA) is 92.3 Å². The summed E-state index contributed by atoms with van der Waals surface area (Å²) in [7, 11) is 0. The van der Waals surface area contributed by atoms with Gasteiger partial charge in [0.1, 0.15) is 6.04 Å². The highest BCUT2D eigenvalue weighted by atomic mass is 16.2. The third-order valence-electron chi connectivity index (χ3n) is 4.80. The molecule has 4 rings (SSSR count). The molecule has 1 atom stereocenters. The number of imide groups is 1. The number of fused-ring (bicyclic) bond motifs is 2. The van der Waals surface area contributed by atoms with Crippen LogP contribution in [0.4, 0.5) is 5.69 Å². The maximum Gasteiger partial charge on any atom is 0.262 e. The van der Waals surface area contributed by atoms with Gasteiger partial charge in [0.15, 0.2) is 0 Å². The maximum absolute atomic E-state index is 13.1. The van der Waals surface area contributed by atoms with Crippen molar-refractivity contribution >= 4 is 34.3 Å². The first-order chi connectivity index (χ1) is 13.5. The Labute approximate surface area is 161 Å². The molecular formula is C21H18N4O3. The van der Waals surface area contributed by atoms with E-state index in [0.717, 1.165) is 4.90 Å². The average molecular weight is 374 g/mol. The van der Waals surface area contributed by atoms with Crippen LogP contribution in [0.15, 0.2) is 55.0 Å². The van der Waals surface area contributed by atoms with Gasteiger partial charge in [-0.2, -0.15) is 0 Å². The molecule has 1 aliphatic rings. The number of benzene rings is 1. The van der Waals surface area contributed by atoms with Gasteiger partial charge in [-0.1, -0.05) is 26.0 Å². The molecule has 28 heavy (non-hydrogen) atoms. The lowest BCUT2D eigenvalue weighted by molar-refractivity contribution is -0.121. The van der Waals surface area contributed by atoms with Crippen LogP contribution in [0.1, 0.15) is 34.6 Å². The van der Waals surface area contributed by atoms with Crippen LogP contribution in [-0.2, 0) is 4.79 Å². The number of carbonyl (C=O) groups is 3. The summed E-state index contributed by atoms with van der Waals surface area (Å²) in [6, 6.07) is 9.09. The molecule has 3 amide bonds. The molecule has 0 spiro atoms. The number of rotatable bonds is 4. The van der Waals surface area contributed by atoms with Gasteiger partial charge in [0, 0.05) is 24.0 Å². The van der Waals surface area contributed by atoms with Crippen LogP contribution in [0.3, 0.4) is 0 Å². The van der Waals surface area contributed by atoms with E-state index < -0.39 is 23.8 Å². The van der Waals surface area contributed by atoms with Crippen LogP contribution >= 0.6 is 0 Å². The minimum Gasteiger partial charge on any atom is -0.324 e. The van der Waals surface area contributed by atoms with Crippen LogP contribution in [0.25, 0.3) is 10.9 Å². The lowest BCUT2D eigenvalue weighted by Gasteiger charge is -2.28. The summed E-state index contributed by atoms with van der Waals surface area (Å²) >= 11 is 0. The fourth-order valence-corrected chi connectivity index (χ4v) is 3.48. The predicted octanol–water partition coefficient (Wildman–Crippen LogP) is 2.89. The maximum atomic E-state index is 13.1. The van der Waals surface area contributed by atoms with Crippen molar-refractivity contribution in [3.8, 4) is 0 Å². The Morgan fingerprint density at radius 2 is 1.68 bits per heavy atom. The first kappa shape index (κ1) is 17.8. The van der Waals surface area contributed by atoms with E-state index in [1.54, 1.807) is 68.8 Å². The van der Waals surface area contributed by atoms with Crippen molar-refractivity contribution in [3.63, 3.8) is 0 Å². The number of amides is 3. The second-order valence-corrected chi connectivity index (χ2v) is 6.96. The highest BCUT2D eigenvalue weighted by Gasteiger charge is 2.43. The summed E-state index contributed by atoms with van der Waals surface area (Å²) in [5, 5.41) is 3.53. The number of hydrogen-bond donors (Lipinski definition) is 1. The Bertz CT molecular complexity index is 1070. The number of aromatic nitrogens is 2. The van der Waals surface area contributed by atoms with Crippen molar-refractivity contribution < 1.29 is 14.4 Å². The number of nitrogens with zero attached hydrogens (tertiary/aromatic N) is 3. The number of pyridine rings is 2. The molecule has 1 aliphatic heterocycles. The molecule has 3 heterocycles. The molecule has 140 valence electrons. The third kappa shape index (κ3) is 2.81. The average Bonchev–Trinajstić information content (AvgIpc) is 2.94. The summed E-state index contributed by atoms with van der Waals surface area (Å²) in [6.45, 7) is 3.61. The molecule has 0 bridgehead atoms. The predicted molar refractivity (Wildman–Crippen MR) is 104 cm³/mol. The van der Waals surface area contributed by atoms with Crippen LogP contribution in [0.5, 0.6) is 0 Å². The van der Waals surface area contributed by atoms with E-state index in [-0.39, 0.29) is 5.92 Å². The lowest BCUT2D eigenvalue weighted by Crippen LogP contribution is -2.50.